The minimum Gasteiger partial charge on any atom is -0.507 e. The maximum absolute atomic E-state index is 14.6. The van der Waals surface area contributed by atoms with Crippen LogP contribution < -0.4 is 9.64 Å². The number of hydrogen-bond donors (Lipinski definition) is 1. The Balaban J connectivity index is 1.96. The number of carbonyl (C=O) groups excluding carboxylic acids is 2. The predicted octanol–water partition coefficient (Wildman–Crippen LogP) is 4.30. The van der Waals surface area contributed by atoms with E-state index in [2.05, 4.69) is 4.98 Å². The van der Waals surface area contributed by atoms with Gasteiger partial charge in [-0.1, -0.05) is 6.07 Å². The van der Waals surface area contributed by atoms with Crippen molar-refractivity contribution in [1.29, 1.82) is 0 Å². The summed E-state index contributed by atoms with van der Waals surface area (Å²) in [6.45, 7) is 1.71. The van der Waals surface area contributed by atoms with Gasteiger partial charge in [0.1, 0.15) is 23.1 Å². The van der Waals surface area contributed by atoms with Crippen molar-refractivity contribution >= 4 is 23.1 Å². The molecule has 2 aromatic carbocycles. The van der Waals surface area contributed by atoms with E-state index in [1.54, 1.807) is 37.3 Å². The topological polar surface area (TPSA) is 79.7 Å². The van der Waals surface area contributed by atoms with E-state index in [0.717, 1.165) is 17.0 Å². The molecule has 1 aromatic heterocycles. The first-order valence-electron chi connectivity index (χ1n) is 9.64. The Kier molecular flexibility index (Phi) is 5.44. The maximum atomic E-state index is 14.6. The molecule has 32 heavy (non-hydrogen) atoms. The Hall–Kier alpha value is -4.07. The molecule has 1 saturated heterocycles. The second kappa shape index (κ2) is 8.22. The number of aryl methyl sites for hydroxylation is 1. The molecule has 0 radical (unpaired) electrons. The van der Waals surface area contributed by atoms with Gasteiger partial charge in [-0.15, -0.1) is 0 Å². The molecule has 1 aliphatic rings. The fourth-order valence-electron chi connectivity index (χ4n) is 3.78. The third-order valence-corrected chi connectivity index (χ3v) is 5.30. The van der Waals surface area contributed by atoms with Crippen molar-refractivity contribution in [2.24, 2.45) is 0 Å². The summed E-state index contributed by atoms with van der Waals surface area (Å²) in [5.74, 6) is -3.73. The number of ketones is 1. The van der Waals surface area contributed by atoms with Crippen LogP contribution in [-0.4, -0.2) is 28.9 Å². The summed E-state index contributed by atoms with van der Waals surface area (Å²) >= 11 is 0. The van der Waals surface area contributed by atoms with Gasteiger partial charge in [-0.25, -0.2) is 8.78 Å². The minimum absolute atomic E-state index is 0.222. The lowest BCUT2D eigenvalue weighted by Gasteiger charge is -2.25. The van der Waals surface area contributed by atoms with Crippen molar-refractivity contribution in [3.63, 3.8) is 0 Å². The van der Waals surface area contributed by atoms with E-state index in [9.17, 15) is 23.5 Å². The number of aromatic nitrogens is 1. The Bertz CT molecular complexity index is 1260. The minimum atomic E-state index is -1.16. The summed E-state index contributed by atoms with van der Waals surface area (Å²) < 4.78 is 33.3. The quantitative estimate of drug-likeness (QED) is 0.375. The molecule has 3 aromatic rings. The highest BCUT2D eigenvalue weighted by Gasteiger charge is 2.48. The van der Waals surface area contributed by atoms with E-state index in [1.165, 1.54) is 19.5 Å². The first-order chi connectivity index (χ1) is 15.3. The van der Waals surface area contributed by atoms with Gasteiger partial charge in [0.25, 0.3) is 11.7 Å². The predicted molar refractivity (Wildman–Crippen MR) is 113 cm³/mol. The highest BCUT2D eigenvalue weighted by atomic mass is 19.1. The molecule has 1 atom stereocenters. The summed E-state index contributed by atoms with van der Waals surface area (Å²) in [5.41, 5.74) is 0.791. The van der Waals surface area contributed by atoms with Crippen LogP contribution in [0.2, 0.25) is 0 Å². The molecule has 1 N–H and O–H groups in total. The number of halogens is 2. The molecule has 1 aliphatic heterocycles. The zero-order valence-electron chi connectivity index (χ0n) is 17.2. The molecule has 1 fully saturated rings. The van der Waals surface area contributed by atoms with E-state index < -0.39 is 35.1 Å². The van der Waals surface area contributed by atoms with Crippen LogP contribution in [0.4, 0.5) is 14.5 Å². The first kappa shape index (κ1) is 21.2. The molecule has 0 spiro atoms. The molecule has 0 bridgehead atoms. The number of rotatable bonds is 4. The van der Waals surface area contributed by atoms with Crippen molar-refractivity contribution in [3.05, 3.63) is 94.8 Å². The summed E-state index contributed by atoms with van der Waals surface area (Å²) in [6, 6.07) is 9.58. The van der Waals surface area contributed by atoms with Crippen LogP contribution in [-0.2, 0) is 9.59 Å². The molecule has 162 valence electrons. The van der Waals surface area contributed by atoms with Crippen LogP contribution in [0.3, 0.4) is 0 Å². The van der Waals surface area contributed by atoms with Gasteiger partial charge in [0.2, 0.25) is 0 Å². The zero-order chi connectivity index (χ0) is 23.0. The number of nitrogens with zero attached hydrogens (tertiary/aromatic N) is 2. The van der Waals surface area contributed by atoms with Crippen molar-refractivity contribution in [1.82, 2.24) is 4.98 Å². The smallest absolute Gasteiger partial charge is 0.300 e. The van der Waals surface area contributed by atoms with Crippen molar-refractivity contribution in [2.75, 3.05) is 12.0 Å². The normalized spacial score (nSPS) is 17.6. The molecule has 0 aliphatic carbocycles. The van der Waals surface area contributed by atoms with Gasteiger partial charge in [0, 0.05) is 24.0 Å². The second-order valence-corrected chi connectivity index (χ2v) is 7.23. The summed E-state index contributed by atoms with van der Waals surface area (Å²) in [4.78, 5) is 31.0. The molecule has 1 unspecified atom stereocenters. The highest BCUT2D eigenvalue weighted by molar-refractivity contribution is 6.51. The number of methoxy groups -OCH3 is 1. The van der Waals surface area contributed by atoms with Crippen molar-refractivity contribution < 1.29 is 28.2 Å². The Morgan fingerprint density at radius 2 is 1.91 bits per heavy atom. The standard InChI is InChI=1S/C24H18F2N2O4/c1-13-10-16(32-2)6-7-17(13)22(29)20-21(14-4-3-9-27-12-14)28(24(31)23(20)30)19-8-5-15(25)11-18(19)26/h3-12,21,29H,1-2H3/b22-20+. The number of pyridine rings is 1. The Labute approximate surface area is 182 Å². The van der Waals surface area contributed by atoms with E-state index >= 15 is 0 Å². The van der Waals surface area contributed by atoms with E-state index in [1.807, 2.05) is 0 Å². The van der Waals surface area contributed by atoms with Gasteiger partial charge in [0.15, 0.2) is 0 Å². The lowest BCUT2D eigenvalue weighted by Crippen LogP contribution is -2.30. The van der Waals surface area contributed by atoms with Gasteiger partial charge in [-0.05, 0) is 54.4 Å². The van der Waals surface area contributed by atoms with Crippen LogP contribution in [0.1, 0.15) is 22.7 Å². The average molecular weight is 436 g/mol. The molecular formula is C24H18F2N2O4. The average Bonchev–Trinajstić information content (AvgIpc) is 3.04. The van der Waals surface area contributed by atoms with E-state index in [0.29, 0.717) is 28.5 Å². The largest absolute Gasteiger partial charge is 0.507 e. The third kappa shape index (κ3) is 3.49. The number of carbonyl (C=O) groups is 2. The second-order valence-electron chi connectivity index (χ2n) is 7.23. The van der Waals surface area contributed by atoms with Gasteiger partial charge in [0.05, 0.1) is 24.4 Å². The van der Waals surface area contributed by atoms with Crippen LogP contribution in [0.15, 0.2) is 66.5 Å². The number of anilines is 1. The van der Waals surface area contributed by atoms with Crippen molar-refractivity contribution in [2.45, 2.75) is 13.0 Å². The number of ether oxygens (including phenoxy) is 1. The molecule has 4 rings (SSSR count). The highest BCUT2D eigenvalue weighted by Crippen LogP contribution is 2.43. The Morgan fingerprint density at radius 3 is 2.53 bits per heavy atom. The Morgan fingerprint density at radius 1 is 1.12 bits per heavy atom. The van der Waals surface area contributed by atoms with Gasteiger partial charge in [-0.3, -0.25) is 19.5 Å². The number of aliphatic hydroxyl groups is 1. The molecular weight excluding hydrogens is 418 g/mol. The monoisotopic (exact) mass is 436 g/mol. The zero-order valence-corrected chi connectivity index (χ0v) is 17.2. The summed E-state index contributed by atoms with van der Waals surface area (Å²) in [5, 5.41) is 11.1. The number of aliphatic hydroxyl groups excluding tert-OH is 1. The van der Waals surface area contributed by atoms with Crippen LogP contribution in [0.5, 0.6) is 5.75 Å². The number of Topliss-reactive ketones (excluding diaryl/α,β-unsaturated/α-hetero) is 1. The van der Waals surface area contributed by atoms with Gasteiger partial charge in [-0.2, -0.15) is 0 Å². The van der Waals surface area contributed by atoms with Crippen LogP contribution in [0.25, 0.3) is 5.76 Å². The van der Waals surface area contributed by atoms with Crippen LogP contribution in [0, 0.1) is 18.6 Å². The fourth-order valence-corrected chi connectivity index (χ4v) is 3.78. The number of hydrogen-bond acceptors (Lipinski definition) is 5. The van der Waals surface area contributed by atoms with E-state index in [-0.39, 0.29) is 11.3 Å². The van der Waals surface area contributed by atoms with Gasteiger partial charge < -0.3 is 9.84 Å². The summed E-state index contributed by atoms with van der Waals surface area (Å²) in [6.07, 6.45) is 2.92. The molecule has 0 saturated carbocycles. The SMILES string of the molecule is COc1ccc(/C(O)=C2\C(=O)C(=O)N(c3ccc(F)cc3F)C2c2cccnc2)c(C)c1. The maximum Gasteiger partial charge on any atom is 0.300 e. The van der Waals surface area contributed by atoms with Crippen LogP contribution >= 0.6 is 0 Å². The lowest BCUT2D eigenvalue weighted by molar-refractivity contribution is -0.132. The molecule has 1 amide bonds. The lowest BCUT2D eigenvalue weighted by atomic mass is 9.94. The van der Waals surface area contributed by atoms with E-state index in [4.69, 9.17) is 4.74 Å². The van der Waals surface area contributed by atoms with Gasteiger partial charge >= 0.3 is 0 Å². The number of amides is 1. The molecule has 6 nitrogen and oxygen atoms in total. The van der Waals surface area contributed by atoms with Crippen molar-refractivity contribution in [3.8, 4) is 5.75 Å². The molecule has 8 heteroatoms. The fraction of sp³-hybridized carbons (Fsp3) is 0.125. The third-order valence-electron chi connectivity index (χ3n) is 5.30. The first-order valence-corrected chi connectivity index (χ1v) is 9.64. The number of benzene rings is 2. The summed E-state index contributed by atoms with van der Waals surface area (Å²) in [7, 11) is 1.50. The molecule has 2 heterocycles.